The van der Waals surface area contributed by atoms with Crippen LogP contribution in [0.1, 0.15) is 40.0 Å². The zero-order chi connectivity index (χ0) is 26.4. The first-order valence-electron chi connectivity index (χ1n) is 13.1. The lowest BCUT2D eigenvalue weighted by atomic mass is 9.99. The minimum Gasteiger partial charge on any atom is -0.444 e. The lowest BCUT2D eigenvalue weighted by Crippen LogP contribution is -2.50. The van der Waals surface area contributed by atoms with Crippen LogP contribution in [0.15, 0.2) is 48.5 Å². The molecule has 2 aliphatic rings. The highest BCUT2D eigenvalue weighted by molar-refractivity contribution is 5.86. The van der Waals surface area contributed by atoms with Crippen molar-refractivity contribution >= 4 is 23.4 Å². The maximum absolute atomic E-state index is 12.6. The molecule has 0 aromatic heterocycles. The summed E-state index contributed by atoms with van der Waals surface area (Å²) in [6, 6.07) is 18.6. The number of rotatable bonds is 5. The van der Waals surface area contributed by atoms with Gasteiger partial charge < -0.3 is 24.8 Å². The van der Waals surface area contributed by atoms with Crippen molar-refractivity contribution < 1.29 is 14.3 Å². The van der Waals surface area contributed by atoms with Gasteiger partial charge in [0.25, 0.3) is 0 Å². The Hall–Kier alpha value is -3.73. The maximum Gasteiger partial charge on any atom is 0.410 e. The van der Waals surface area contributed by atoms with Crippen LogP contribution in [0.4, 0.5) is 16.2 Å². The molecule has 1 unspecified atom stereocenters. The number of amides is 2. The van der Waals surface area contributed by atoms with Crippen molar-refractivity contribution in [2.75, 3.05) is 49.1 Å². The Labute approximate surface area is 219 Å². The van der Waals surface area contributed by atoms with Gasteiger partial charge in [0.2, 0.25) is 5.91 Å². The van der Waals surface area contributed by atoms with E-state index >= 15 is 0 Å². The molecule has 0 radical (unpaired) electrons. The second-order valence-corrected chi connectivity index (χ2v) is 10.6. The van der Waals surface area contributed by atoms with E-state index in [0.717, 1.165) is 61.4 Å². The summed E-state index contributed by atoms with van der Waals surface area (Å²) < 4.78 is 5.52. The Balaban J connectivity index is 1.41. The molecule has 0 spiro atoms. The highest BCUT2D eigenvalue weighted by atomic mass is 16.6. The predicted molar refractivity (Wildman–Crippen MR) is 146 cm³/mol. The molecule has 4 rings (SSSR count). The summed E-state index contributed by atoms with van der Waals surface area (Å²) in [5, 5.41) is 11.5. The normalized spacial score (nSPS) is 18.2. The molecule has 1 atom stereocenters. The zero-order valence-electron chi connectivity index (χ0n) is 22.1. The van der Waals surface area contributed by atoms with Gasteiger partial charge in [0.05, 0.1) is 6.07 Å². The van der Waals surface area contributed by atoms with Gasteiger partial charge in [-0.2, -0.15) is 5.26 Å². The summed E-state index contributed by atoms with van der Waals surface area (Å²) in [4.78, 5) is 31.2. The van der Waals surface area contributed by atoms with Crippen molar-refractivity contribution in [1.82, 2.24) is 10.2 Å². The number of carbonyl (C=O) groups excluding carboxylic acids is 2. The van der Waals surface area contributed by atoms with Crippen molar-refractivity contribution in [1.29, 1.82) is 5.26 Å². The Morgan fingerprint density at radius 3 is 2.38 bits per heavy atom. The highest BCUT2D eigenvalue weighted by Gasteiger charge is 2.29. The number of carbonyl (C=O) groups is 2. The maximum atomic E-state index is 12.6. The lowest BCUT2D eigenvalue weighted by Gasteiger charge is -2.37. The molecular formula is C29H37N5O3. The molecule has 8 nitrogen and oxygen atoms in total. The van der Waals surface area contributed by atoms with Crippen LogP contribution in [-0.4, -0.2) is 67.8 Å². The van der Waals surface area contributed by atoms with Crippen molar-refractivity contribution in [3.05, 3.63) is 48.5 Å². The van der Waals surface area contributed by atoms with Crippen LogP contribution in [0.25, 0.3) is 11.1 Å². The quantitative estimate of drug-likeness (QED) is 0.608. The summed E-state index contributed by atoms with van der Waals surface area (Å²) in [6.45, 7) is 9.30. The number of anilines is 2. The fraction of sp³-hybridized carbons (Fsp3) is 0.483. The largest absolute Gasteiger partial charge is 0.444 e. The van der Waals surface area contributed by atoms with Crippen LogP contribution in [0.2, 0.25) is 0 Å². The SMILES string of the molecule is CC(C)(C)OC(=O)N1CCN(c2cccc(-c3ccc(N4CCCCC4C(=O)NCC#N)cc3)c2)CC1. The van der Waals surface area contributed by atoms with E-state index in [1.807, 2.05) is 26.8 Å². The summed E-state index contributed by atoms with van der Waals surface area (Å²) in [7, 11) is 0. The molecule has 2 fully saturated rings. The third-order valence-corrected chi connectivity index (χ3v) is 6.82. The zero-order valence-corrected chi connectivity index (χ0v) is 22.1. The standard InChI is InChI=1S/C29H37N5O3/c1-29(2,3)37-28(36)33-19-17-32(18-20-33)25-8-6-7-23(21-25)22-10-12-24(13-11-22)34-16-5-4-9-26(34)27(35)31-15-14-30/h6-8,10-13,21,26H,4-5,9,15-20H2,1-3H3,(H,31,35). The molecule has 2 aromatic carbocycles. The Bertz CT molecular complexity index is 1130. The number of nitrogens with one attached hydrogen (secondary N) is 1. The van der Waals surface area contributed by atoms with Gasteiger partial charge in [0, 0.05) is 44.1 Å². The van der Waals surface area contributed by atoms with Gasteiger partial charge in [-0.15, -0.1) is 0 Å². The van der Waals surface area contributed by atoms with Gasteiger partial charge >= 0.3 is 6.09 Å². The first-order chi connectivity index (χ1) is 17.7. The van der Waals surface area contributed by atoms with Crippen molar-refractivity contribution in [2.45, 2.75) is 51.7 Å². The van der Waals surface area contributed by atoms with Crippen LogP contribution in [0.5, 0.6) is 0 Å². The van der Waals surface area contributed by atoms with Crippen molar-refractivity contribution in [2.24, 2.45) is 0 Å². The number of piperidine rings is 1. The number of nitrogens with zero attached hydrogens (tertiary/aromatic N) is 4. The molecule has 2 heterocycles. The van der Waals surface area contributed by atoms with Crippen LogP contribution >= 0.6 is 0 Å². The highest BCUT2D eigenvalue weighted by Crippen LogP contribution is 2.30. The van der Waals surface area contributed by atoms with Gasteiger partial charge in [-0.25, -0.2) is 4.79 Å². The van der Waals surface area contributed by atoms with Gasteiger partial charge in [-0.3, -0.25) is 4.79 Å². The Morgan fingerprint density at radius 2 is 1.70 bits per heavy atom. The molecule has 37 heavy (non-hydrogen) atoms. The number of hydrogen-bond acceptors (Lipinski definition) is 6. The van der Waals surface area contributed by atoms with E-state index in [-0.39, 0.29) is 24.6 Å². The van der Waals surface area contributed by atoms with E-state index in [9.17, 15) is 9.59 Å². The average Bonchev–Trinajstić information content (AvgIpc) is 2.91. The second-order valence-electron chi connectivity index (χ2n) is 10.6. The predicted octanol–water partition coefficient (Wildman–Crippen LogP) is 4.41. The number of benzene rings is 2. The fourth-order valence-corrected chi connectivity index (χ4v) is 4.96. The van der Waals surface area contributed by atoms with Crippen molar-refractivity contribution in [3.63, 3.8) is 0 Å². The number of ether oxygens (including phenoxy) is 1. The van der Waals surface area contributed by atoms with Crippen LogP contribution < -0.4 is 15.1 Å². The molecule has 196 valence electrons. The molecule has 8 heteroatoms. The number of hydrogen-bond donors (Lipinski definition) is 1. The molecule has 2 amide bonds. The monoisotopic (exact) mass is 503 g/mol. The first-order valence-corrected chi connectivity index (χ1v) is 13.1. The van der Waals surface area contributed by atoms with Gasteiger partial charge in [-0.05, 0) is 75.4 Å². The van der Waals surface area contributed by atoms with Gasteiger partial charge in [0.15, 0.2) is 0 Å². The van der Waals surface area contributed by atoms with E-state index in [0.29, 0.717) is 13.1 Å². The Kier molecular flexibility index (Phi) is 8.22. The van der Waals surface area contributed by atoms with Crippen LogP contribution in [0.3, 0.4) is 0 Å². The number of piperazine rings is 1. The lowest BCUT2D eigenvalue weighted by molar-refractivity contribution is -0.122. The van der Waals surface area contributed by atoms with Crippen LogP contribution in [-0.2, 0) is 9.53 Å². The molecule has 2 aromatic rings. The van der Waals surface area contributed by atoms with Gasteiger partial charge in [0.1, 0.15) is 18.2 Å². The van der Waals surface area contributed by atoms with E-state index in [2.05, 4.69) is 63.6 Å². The molecular weight excluding hydrogens is 466 g/mol. The minimum atomic E-state index is -0.489. The first kappa shape index (κ1) is 26.3. The third kappa shape index (κ3) is 6.73. The summed E-state index contributed by atoms with van der Waals surface area (Å²) >= 11 is 0. The molecule has 2 saturated heterocycles. The molecule has 1 N–H and O–H groups in total. The van der Waals surface area contributed by atoms with E-state index in [1.165, 1.54) is 0 Å². The number of nitriles is 1. The molecule has 0 aliphatic carbocycles. The van der Waals surface area contributed by atoms with Crippen LogP contribution in [0, 0.1) is 11.3 Å². The summed E-state index contributed by atoms with van der Waals surface area (Å²) in [5.74, 6) is -0.0789. The van der Waals surface area contributed by atoms with E-state index in [4.69, 9.17) is 10.00 Å². The fourth-order valence-electron chi connectivity index (χ4n) is 4.96. The second kappa shape index (κ2) is 11.5. The van der Waals surface area contributed by atoms with E-state index in [1.54, 1.807) is 4.90 Å². The smallest absolute Gasteiger partial charge is 0.410 e. The van der Waals surface area contributed by atoms with E-state index < -0.39 is 5.60 Å². The average molecular weight is 504 g/mol. The molecule has 2 aliphatic heterocycles. The topological polar surface area (TPSA) is 88.9 Å². The van der Waals surface area contributed by atoms with Gasteiger partial charge in [-0.1, -0.05) is 24.3 Å². The Morgan fingerprint density at radius 1 is 0.973 bits per heavy atom. The molecule has 0 bridgehead atoms. The minimum absolute atomic E-state index is 0.0362. The van der Waals surface area contributed by atoms with Crippen molar-refractivity contribution in [3.8, 4) is 17.2 Å². The third-order valence-electron chi connectivity index (χ3n) is 6.82. The summed E-state index contributed by atoms with van der Waals surface area (Å²) in [6.07, 6.45) is 2.60. The molecule has 0 saturated carbocycles. The summed E-state index contributed by atoms with van der Waals surface area (Å²) in [5.41, 5.74) is 3.91.